The molecule has 5 heteroatoms. The standard InChI is InChI=1S/C19H23ClN2O2/c1-22(15-8-3-2-4-9-15)13-14-7-5-6-10-16(14)21-19(23)17-11-12-18(20)24-17/h5-7,10-12,15H,2-4,8-9,13H2,1H3,(H,21,23). The summed E-state index contributed by atoms with van der Waals surface area (Å²) < 4.78 is 5.18. The number of nitrogens with zero attached hydrogens (tertiary/aromatic N) is 1. The second-order valence-electron chi connectivity index (χ2n) is 6.42. The topological polar surface area (TPSA) is 45.5 Å². The molecule has 1 saturated carbocycles. The highest BCUT2D eigenvalue weighted by molar-refractivity contribution is 6.29. The van der Waals surface area contributed by atoms with E-state index >= 15 is 0 Å². The van der Waals surface area contributed by atoms with E-state index in [0.29, 0.717) is 6.04 Å². The monoisotopic (exact) mass is 346 g/mol. The van der Waals surface area contributed by atoms with Gasteiger partial charge in [-0.05, 0) is 55.3 Å². The highest BCUT2D eigenvalue weighted by atomic mass is 35.5. The summed E-state index contributed by atoms with van der Waals surface area (Å²) in [6.07, 6.45) is 6.49. The van der Waals surface area contributed by atoms with Crippen LogP contribution in [0.1, 0.15) is 48.2 Å². The van der Waals surface area contributed by atoms with Crippen LogP contribution in [0.2, 0.25) is 5.22 Å². The van der Waals surface area contributed by atoms with Crippen molar-refractivity contribution in [3.63, 3.8) is 0 Å². The van der Waals surface area contributed by atoms with Crippen LogP contribution >= 0.6 is 11.6 Å². The number of hydrogen-bond acceptors (Lipinski definition) is 3. The van der Waals surface area contributed by atoms with E-state index in [2.05, 4.69) is 23.3 Å². The Kier molecular flexibility index (Phi) is 5.59. The number of furan rings is 1. The predicted octanol–water partition coefficient (Wildman–Crippen LogP) is 4.95. The molecule has 1 N–H and O–H groups in total. The van der Waals surface area contributed by atoms with Crippen molar-refractivity contribution in [2.24, 2.45) is 0 Å². The number of carbonyl (C=O) groups is 1. The number of rotatable bonds is 5. The Balaban J connectivity index is 1.69. The van der Waals surface area contributed by atoms with Gasteiger partial charge in [-0.3, -0.25) is 9.69 Å². The third-order valence-electron chi connectivity index (χ3n) is 4.68. The van der Waals surface area contributed by atoms with E-state index < -0.39 is 0 Å². The van der Waals surface area contributed by atoms with Crippen molar-refractivity contribution in [2.45, 2.75) is 44.7 Å². The van der Waals surface area contributed by atoms with Crippen LogP contribution in [-0.4, -0.2) is 23.9 Å². The summed E-state index contributed by atoms with van der Waals surface area (Å²) in [6, 6.07) is 11.7. The maximum Gasteiger partial charge on any atom is 0.291 e. The Morgan fingerprint density at radius 1 is 1.21 bits per heavy atom. The molecule has 1 aromatic heterocycles. The molecule has 0 radical (unpaired) electrons. The SMILES string of the molecule is CN(Cc1ccccc1NC(=O)c1ccc(Cl)o1)C1CCCCC1. The number of para-hydroxylation sites is 1. The van der Waals surface area contributed by atoms with Crippen molar-refractivity contribution in [1.82, 2.24) is 4.90 Å². The average Bonchev–Trinajstić information content (AvgIpc) is 3.04. The third-order valence-corrected chi connectivity index (χ3v) is 4.88. The second kappa shape index (κ2) is 7.86. The van der Waals surface area contributed by atoms with E-state index in [1.165, 1.54) is 32.1 Å². The second-order valence-corrected chi connectivity index (χ2v) is 6.79. The lowest BCUT2D eigenvalue weighted by molar-refractivity contribution is 0.0996. The van der Waals surface area contributed by atoms with Gasteiger partial charge >= 0.3 is 0 Å². The highest BCUT2D eigenvalue weighted by Gasteiger charge is 2.19. The number of amides is 1. The van der Waals surface area contributed by atoms with Gasteiger partial charge < -0.3 is 9.73 Å². The van der Waals surface area contributed by atoms with Crippen LogP contribution < -0.4 is 5.32 Å². The van der Waals surface area contributed by atoms with Crippen LogP contribution in [0.5, 0.6) is 0 Å². The lowest BCUT2D eigenvalue weighted by Crippen LogP contribution is -2.33. The lowest BCUT2D eigenvalue weighted by Gasteiger charge is -2.31. The molecule has 1 aliphatic rings. The van der Waals surface area contributed by atoms with Gasteiger partial charge in [-0.25, -0.2) is 0 Å². The van der Waals surface area contributed by atoms with E-state index in [9.17, 15) is 4.79 Å². The summed E-state index contributed by atoms with van der Waals surface area (Å²) >= 11 is 5.74. The molecule has 0 atom stereocenters. The van der Waals surface area contributed by atoms with E-state index in [1.54, 1.807) is 12.1 Å². The Bertz CT molecular complexity index is 692. The van der Waals surface area contributed by atoms with Crippen molar-refractivity contribution in [2.75, 3.05) is 12.4 Å². The molecule has 2 aromatic rings. The number of carbonyl (C=O) groups excluding carboxylic acids is 1. The van der Waals surface area contributed by atoms with Crippen molar-refractivity contribution in [1.29, 1.82) is 0 Å². The minimum Gasteiger partial charge on any atom is -0.440 e. The predicted molar refractivity (Wildman–Crippen MR) is 96.5 cm³/mol. The first-order valence-corrected chi connectivity index (χ1v) is 8.86. The van der Waals surface area contributed by atoms with Crippen LogP contribution in [-0.2, 0) is 6.54 Å². The molecular weight excluding hydrogens is 324 g/mol. The molecule has 0 saturated heterocycles. The number of halogens is 1. The van der Waals surface area contributed by atoms with Crippen LogP contribution in [0.15, 0.2) is 40.8 Å². The van der Waals surface area contributed by atoms with Gasteiger partial charge in [-0.1, -0.05) is 37.5 Å². The first-order valence-electron chi connectivity index (χ1n) is 8.48. The molecule has 0 aliphatic heterocycles. The maximum atomic E-state index is 12.3. The molecule has 1 amide bonds. The van der Waals surface area contributed by atoms with E-state index in [0.717, 1.165) is 17.8 Å². The molecule has 1 heterocycles. The molecule has 1 aromatic carbocycles. The van der Waals surface area contributed by atoms with Crippen LogP contribution in [0.3, 0.4) is 0 Å². The Morgan fingerprint density at radius 2 is 1.96 bits per heavy atom. The Hall–Kier alpha value is -1.78. The van der Waals surface area contributed by atoms with Gasteiger partial charge in [0.25, 0.3) is 5.91 Å². The summed E-state index contributed by atoms with van der Waals surface area (Å²) in [7, 11) is 2.17. The van der Waals surface area contributed by atoms with Gasteiger partial charge in [0.15, 0.2) is 11.0 Å². The molecule has 24 heavy (non-hydrogen) atoms. The summed E-state index contributed by atoms with van der Waals surface area (Å²) in [5, 5.41) is 3.14. The number of anilines is 1. The molecule has 3 rings (SSSR count). The third kappa shape index (κ3) is 4.19. The molecule has 0 bridgehead atoms. The zero-order valence-electron chi connectivity index (χ0n) is 13.9. The number of hydrogen-bond donors (Lipinski definition) is 1. The van der Waals surface area contributed by atoms with Crippen molar-refractivity contribution in [3.8, 4) is 0 Å². The van der Waals surface area contributed by atoms with Crippen LogP contribution in [0, 0.1) is 0 Å². The van der Waals surface area contributed by atoms with E-state index in [-0.39, 0.29) is 16.9 Å². The van der Waals surface area contributed by atoms with Gasteiger partial charge in [-0.15, -0.1) is 0 Å². The maximum absolute atomic E-state index is 12.3. The minimum atomic E-state index is -0.283. The summed E-state index contributed by atoms with van der Waals surface area (Å²) in [5.74, 6) is -0.0647. The van der Waals surface area contributed by atoms with E-state index in [4.69, 9.17) is 16.0 Å². The number of benzene rings is 1. The number of nitrogens with one attached hydrogen (secondary N) is 1. The van der Waals surface area contributed by atoms with Gasteiger partial charge in [0.05, 0.1) is 0 Å². The first-order chi connectivity index (χ1) is 11.6. The molecule has 0 unspecified atom stereocenters. The molecule has 1 aliphatic carbocycles. The normalized spacial score (nSPS) is 15.6. The molecule has 128 valence electrons. The fourth-order valence-electron chi connectivity index (χ4n) is 3.32. The van der Waals surface area contributed by atoms with Crippen LogP contribution in [0.4, 0.5) is 5.69 Å². The first kappa shape index (κ1) is 17.1. The molecular formula is C19H23ClN2O2. The van der Waals surface area contributed by atoms with Gasteiger partial charge in [0.2, 0.25) is 0 Å². The quantitative estimate of drug-likeness (QED) is 0.833. The zero-order valence-corrected chi connectivity index (χ0v) is 14.7. The van der Waals surface area contributed by atoms with Crippen molar-refractivity contribution >= 4 is 23.2 Å². The fourth-order valence-corrected chi connectivity index (χ4v) is 3.47. The zero-order chi connectivity index (χ0) is 16.9. The molecule has 4 nitrogen and oxygen atoms in total. The van der Waals surface area contributed by atoms with Gasteiger partial charge in [-0.2, -0.15) is 0 Å². The smallest absolute Gasteiger partial charge is 0.291 e. The van der Waals surface area contributed by atoms with Crippen molar-refractivity contribution < 1.29 is 9.21 Å². The molecule has 0 spiro atoms. The summed E-state index contributed by atoms with van der Waals surface area (Å²) in [4.78, 5) is 14.7. The summed E-state index contributed by atoms with van der Waals surface area (Å²) in [5.41, 5.74) is 1.93. The van der Waals surface area contributed by atoms with Gasteiger partial charge in [0, 0.05) is 18.3 Å². The van der Waals surface area contributed by atoms with Crippen molar-refractivity contribution in [3.05, 3.63) is 52.9 Å². The Morgan fingerprint density at radius 3 is 2.67 bits per heavy atom. The summed E-state index contributed by atoms with van der Waals surface area (Å²) in [6.45, 7) is 0.819. The van der Waals surface area contributed by atoms with Gasteiger partial charge in [0.1, 0.15) is 0 Å². The minimum absolute atomic E-state index is 0.213. The van der Waals surface area contributed by atoms with E-state index in [1.807, 2.05) is 18.2 Å². The average molecular weight is 347 g/mol. The largest absolute Gasteiger partial charge is 0.440 e. The fraction of sp³-hybridized carbons (Fsp3) is 0.421. The van der Waals surface area contributed by atoms with Crippen LogP contribution in [0.25, 0.3) is 0 Å². The lowest BCUT2D eigenvalue weighted by atomic mass is 9.94. The Labute approximate surface area is 147 Å². The molecule has 1 fully saturated rings. The highest BCUT2D eigenvalue weighted by Crippen LogP contribution is 2.25.